The zero-order valence-electron chi connectivity index (χ0n) is 10.8. The van der Waals surface area contributed by atoms with E-state index in [1.54, 1.807) is 0 Å². The Morgan fingerprint density at radius 2 is 1.80 bits per heavy atom. The summed E-state index contributed by atoms with van der Waals surface area (Å²) in [7, 11) is 2.09. The molecule has 0 atom stereocenters. The van der Waals surface area contributed by atoms with Gasteiger partial charge in [0.05, 0.1) is 6.61 Å². The smallest absolute Gasteiger partial charge is 0.0558 e. The Labute approximate surface area is 94.9 Å². The molecule has 0 aliphatic heterocycles. The molecular formula is C12H28N2O. The van der Waals surface area contributed by atoms with Crippen LogP contribution in [-0.2, 0) is 0 Å². The van der Waals surface area contributed by atoms with Gasteiger partial charge in [-0.3, -0.25) is 0 Å². The molecule has 0 amide bonds. The maximum atomic E-state index is 8.90. The molecule has 3 heteroatoms. The van der Waals surface area contributed by atoms with E-state index in [-0.39, 0.29) is 6.61 Å². The summed E-state index contributed by atoms with van der Waals surface area (Å²) in [6.45, 7) is 10.9. The van der Waals surface area contributed by atoms with Crippen molar-refractivity contribution in [2.24, 2.45) is 5.41 Å². The number of hydrogen-bond donors (Lipinski definition) is 2. The summed E-state index contributed by atoms with van der Waals surface area (Å²) in [5.74, 6) is 0. The summed E-state index contributed by atoms with van der Waals surface area (Å²) in [5.41, 5.74) is 0.361. The van der Waals surface area contributed by atoms with Crippen LogP contribution in [0.25, 0.3) is 0 Å². The summed E-state index contributed by atoms with van der Waals surface area (Å²) in [4.78, 5) is 2.23. The van der Waals surface area contributed by atoms with Gasteiger partial charge in [-0.2, -0.15) is 0 Å². The number of rotatable bonds is 9. The number of aliphatic hydroxyl groups is 1. The van der Waals surface area contributed by atoms with E-state index in [9.17, 15) is 0 Å². The average Bonchev–Trinajstić information content (AvgIpc) is 2.25. The van der Waals surface area contributed by atoms with E-state index in [1.807, 2.05) is 0 Å². The molecule has 0 rings (SSSR count). The highest BCUT2D eigenvalue weighted by molar-refractivity contribution is 4.81. The molecule has 0 aliphatic carbocycles. The Morgan fingerprint density at radius 3 is 2.20 bits per heavy atom. The Hall–Kier alpha value is -0.120. The van der Waals surface area contributed by atoms with Gasteiger partial charge in [0.1, 0.15) is 0 Å². The molecule has 2 N–H and O–H groups in total. The van der Waals surface area contributed by atoms with Gasteiger partial charge in [0.2, 0.25) is 0 Å². The van der Waals surface area contributed by atoms with Crippen molar-refractivity contribution in [1.29, 1.82) is 0 Å². The topological polar surface area (TPSA) is 35.5 Å². The van der Waals surface area contributed by atoms with Crippen LogP contribution in [0, 0.1) is 5.41 Å². The number of hydrogen-bond acceptors (Lipinski definition) is 3. The van der Waals surface area contributed by atoms with E-state index < -0.39 is 0 Å². The standard InChI is InChI=1S/C12H28N2O/c1-5-12(6-2,10-13-7-3)11-14(4)8-9-15/h13,15H,5-11H2,1-4H3. The fourth-order valence-electron chi connectivity index (χ4n) is 1.99. The lowest BCUT2D eigenvalue weighted by atomic mass is 9.81. The lowest BCUT2D eigenvalue weighted by Gasteiger charge is -2.35. The molecule has 0 spiro atoms. The number of likely N-dealkylation sites (N-methyl/N-ethyl adjacent to an activating group) is 1. The highest BCUT2D eigenvalue weighted by atomic mass is 16.3. The highest BCUT2D eigenvalue weighted by Gasteiger charge is 2.26. The summed E-state index contributed by atoms with van der Waals surface area (Å²) in [6.07, 6.45) is 2.37. The van der Waals surface area contributed by atoms with Crippen molar-refractivity contribution < 1.29 is 5.11 Å². The molecule has 0 aromatic carbocycles. The lowest BCUT2D eigenvalue weighted by molar-refractivity contribution is 0.135. The van der Waals surface area contributed by atoms with Crippen molar-refractivity contribution >= 4 is 0 Å². The second-order valence-electron chi connectivity index (χ2n) is 4.45. The van der Waals surface area contributed by atoms with Crippen LogP contribution in [-0.4, -0.2) is 49.8 Å². The third-order valence-electron chi connectivity index (χ3n) is 3.34. The Balaban J connectivity index is 4.21. The molecule has 92 valence electrons. The fourth-order valence-corrected chi connectivity index (χ4v) is 1.99. The molecule has 0 radical (unpaired) electrons. The van der Waals surface area contributed by atoms with Crippen LogP contribution >= 0.6 is 0 Å². The molecule has 3 nitrogen and oxygen atoms in total. The molecular weight excluding hydrogens is 188 g/mol. The van der Waals surface area contributed by atoms with Crippen LogP contribution in [0.15, 0.2) is 0 Å². The van der Waals surface area contributed by atoms with Crippen LogP contribution in [0.2, 0.25) is 0 Å². The van der Waals surface area contributed by atoms with Crippen molar-refractivity contribution in [2.75, 3.05) is 39.8 Å². The predicted molar refractivity (Wildman–Crippen MR) is 66.1 cm³/mol. The normalized spacial score (nSPS) is 12.4. The molecule has 0 bridgehead atoms. The van der Waals surface area contributed by atoms with Crippen LogP contribution < -0.4 is 5.32 Å². The fraction of sp³-hybridized carbons (Fsp3) is 1.00. The third kappa shape index (κ3) is 5.50. The highest BCUT2D eigenvalue weighted by Crippen LogP contribution is 2.26. The maximum absolute atomic E-state index is 8.90. The van der Waals surface area contributed by atoms with E-state index in [0.717, 1.165) is 26.2 Å². The number of nitrogens with one attached hydrogen (secondary N) is 1. The minimum atomic E-state index is 0.251. The van der Waals surface area contributed by atoms with Crippen molar-refractivity contribution in [2.45, 2.75) is 33.6 Å². The van der Waals surface area contributed by atoms with Gasteiger partial charge < -0.3 is 15.3 Å². The zero-order chi connectivity index (χ0) is 11.7. The molecule has 0 unspecified atom stereocenters. The van der Waals surface area contributed by atoms with Crippen LogP contribution in [0.3, 0.4) is 0 Å². The summed E-state index contributed by atoms with van der Waals surface area (Å²) >= 11 is 0. The minimum Gasteiger partial charge on any atom is -0.395 e. The first-order valence-electron chi connectivity index (χ1n) is 6.14. The summed E-state index contributed by atoms with van der Waals surface area (Å²) in [6, 6.07) is 0. The second-order valence-corrected chi connectivity index (χ2v) is 4.45. The van der Waals surface area contributed by atoms with Gasteiger partial charge in [0.15, 0.2) is 0 Å². The van der Waals surface area contributed by atoms with E-state index in [0.29, 0.717) is 5.41 Å². The van der Waals surface area contributed by atoms with E-state index in [4.69, 9.17) is 5.11 Å². The molecule has 0 aromatic rings. The van der Waals surface area contributed by atoms with Crippen LogP contribution in [0.5, 0.6) is 0 Å². The largest absolute Gasteiger partial charge is 0.395 e. The van der Waals surface area contributed by atoms with E-state index >= 15 is 0 Å². The van der Waals surface area contributed by atoms with Gasteiger partial charge >= 0.3 is 0 Å². The number of aliphatic hydroxyl groups excluding tert-OH is 1. The summed E-state index contributed by atoms with van der Waals surface area (Å²) < 4.78 is 0. The predicted octanol–water partition coefficient (Wildman–Crippen LogP) is 1.33. The van der Waals surface area contributed by atoms with Crippen molar-refractivity contribution in [3.05, 3.63) is 0 Å². The van der Waals surface area contributed by atoms with Crippen LogP contribution in [0.4, 0.5) is 0 Å². The van der Waals surface area contributed by atoms with Crippen molar-refractivity contribution in [1.82, 2.24) is 10.2 Å². The number of nitrogens with zero attached hydrogens (tertiary/aromatic N) is 1. The SMILES string of the molecule is CCNCC(CC)(CC)CN(C)CCO. The van der Waals surface area contributed by atoms with E-state index in [2.05, 4.69) is 38.0 Å². The van der Waals surface area contributed by atoms with E-state index in [1.165, 1.54) is 12.8 Å². The van der Waals surface area contributed by atoms with Crippen LogP contribution in [0.1, 0.15) is 33.6 Å². The zero-order valence-corrected chi connectivity index (χ0v) is 10.8. The molecule has 0 aliphatic rings. The minimum absolute atomic E-state index is 0.251. The quantitative estimate of drug-likeness (QED) is 0.610. The van der Waals surface area contributed by atoms with Gasteiger partial charge in [-0.15, -0.1) is 0 Å². The van der Waals surface area contributed by atoms with Gasteiger partial charge in [-0.25, -0.2) is 0 Å². The molecule has 0 saturated carbocycles. The first-order valence-corrected chi connectivity index (χ1v) is 6.14. The Bertz CT molecular complexity index is 147. The molecule has 0 saturated heterocycles. The first kappa shape index (κ1) is 14.9. The molecule has 15 heavy (non-hydrogen) atoms. The van der Waals surface area contributed by atoms with Gasteiger partial charge in [0, 0.05) is 19.6 Å². The van der Waals surface area contributed by atoms with Crippen molar-refractivity contribution in [3.63, 3.8) is 0 Å². The third-order valence-corrected chi connectivity index (χ3v) is 3.34. The van der Waals surface area contributed by atoms with Crippen molar-refractivity contribution in [3.8, 4) is 0 Å². The maximum Gasteiger partial charge on any atom is 0.0558 e. The molecule has 0 fully saturated rings. The van der Waals surface area contributed by atoms with Gasteiger partial charge in [-0.1, -0.05) is 20.8 Å². The van der Waals surface area contributed by atoms with Gasteiger partial charge in [-0.05, 0) is 31.8 Å². The Morgan fingerprint density at radius 1 is 1.20 bits per heavy atom. The molecule has 0 heterocycles. The average molecular weight is 216 g/mol. The summed E-state index contributed by atoms with van der Waals surface area (Å²) in [5, 5.41) is 12.3. The second kappa shape index (κ2) is 8.08. The first-order chi connectivity index (χ1) is 7.14. The molecule has 0 aromatic heterocycles. The monoisotopic (exact) mass is 216 g/mol. The lowest BCUT2D eigenvalue weighted by Crippen LogP contribution is -2.43. The van der Waals surface area contributed by atoms with Gasteiger partial charge in [0.25, 0.3) is 0 Å². The Kier molecular flexibility index (Phi) is 8.02.